The smallest absolute Gasteiger partial charge is 0.271 e. The van der Waals surface area contributed by atoms with E-state index in [-0.39, 0.29) is 5.91 Å². The van der Waals surface area contributed by atoms with E-state index in [1.165, 1.54) is 0 Å². The van der Waals surface area contributed by atoms with E-state index in [2.05, 4.69) is 26.2 Å². The van der Waals surface area contributed by atoms with Crippen LogP contribution in [0.15, 0.2) is 28.4 Å². The number of rotatable bonds is 5. The molecule has 0 fully saturated rings. The van der Waals surface area contributed by atoms with Crippen LogP contribution in [0.3, 0.4) is 0 Å². The van der Waals surface area contributed by atoms with Crippen LogP contribution in [-0.2, 0) is 13.1 Å². The highest BCUT2D eigenvalue weighted by molar-refractivity contribution is 9.11. The molecule has 0 aliphatic carbocycles. The molecule has 0 spiro atoms. The zero-order valence-electron chi connectivity index (χ0n) is 9.60. The van der Waals surface area contributed by atoms with Crippen LogP contribution < -0.4 is 11.1 Å². The lowest BCUT2D eigenvalue weighted by molar-refractivity contribution is 0.0946. The van der Waals surface area contributed by atoms with Crippen molar-refractivity contribution in [1.29, 1.82) is 0 Å². The number of amides is 1. The Balaban J connectivity index is 1.90. The quantitative estimate of drug-likeness (QED) is 0.875. The van der Waals surface area contributed by atoms with Crippen LogP contribution in [0.25, 0.3) is 0 Å². The van der Waals surface area contributed by atoms with E-state index in [1.54, 1.807) is 28.4 Å². The summed E-state index contributed by atoms with van der Waals surface area (Å²) in [6.07, 6.45) is 3.32. The van der Waals surface area contributed by atoms with Crippen LogP contribution >= 0.6 is 27.3 Å². The van der Waals surface area contributed by atoms with Gasteiger partial charge in [0.15, 0.2) is 0 Å². The van der Waals surface area contributed by atoms with Gasteiger partial charge >= 0.3 is 0 Å². The summed E-state index contributed by atoms with van der Waals surface area (Å²) in [4.78, 5) is 17.0. The van der Waals surface area contributed by atoms with Gasteiger partial charge in [-0.3, -0.25) is 4.79 Å². The molecule has 96 valence electrons. The molecule has 2 aromatic heterocycles. The highest BCUT2D eigenvalue weighted by Gasteiger charge is 2.09. The second-order valence-electron chi connectivity index (χ2n) is 3.67. The van der Waals surface area contributed by atoms with Gasteiger partial charge in [-0.15, -0.1) is 11.3 Å². The van der Waals surface area contributed by atoms with Gasteiger partial charge in [-0.1, -0.05) is 0 Å². The molecule has 3 N–H and O–H groups in total. The molecule has 0 saturated heterocycles. The Labute approximate surface area is 117 Å². The summed E-state index contributed by atoms with van der Waals surface area (Å²) in [5.41, 5.74) is 5.85. The summed E-state index contributed by atoms with van der Waals surface area (Å²) in [5, 5.41) is 2.83. The van der Waals surface area contributed by atoms with Crippen molar-refractivity contribution in [2.45, 2.75) is 13.1 Å². The van der Waals surface area contributed by atoms with Gasteiger partial charge in [0.1, 0.15) is 5.69 Å². The molecule has 0 saturated carbocycles. The molecule has 0 bridgehead atoms. The Bertz CT molecular complexity index is 537. The molecule has 2 aromatic rings. The highest BCUT2D eigenvalue weighted by atomic mass is 79.9. The summed E-state index contributed by atoms with van der Waals surface area (Å²) < 4.78 is 2.86. The van der Waals surface area contributed by atoms with Crippen molar-refractivity contribution in [3.63, 3.8) is 0 Å². The van der Waals surface area contributed by atoms with Crippen molar-refractivity contribution in [2.24, 2.45) is 5.73 Å². The Hall–Kier alpha value is -1.18. The first-order valence-corrected chi connectivity index (χ1v) is 7.04. The normalized spacial score (nSPS) is 10.6. The van der Waals surface area contributed by atoms with Crippen molar-refractivity contribution in [2.75, 3.05) is 6.54 Å². The number of aromatic nitrogens is 2. The molecule has 5 nitrogen and oxygen atoms in total. The number of thiophene rings is 1. The minimum absolute atomic E-state index is 0.171. The number of nitrogens with two attached hydrogens (primary N) is 1. The standard InChI is InChI=1S/C11H13BrN4OS/c12-10-2-1-8(18-10)5-14-11(17)9-6-16(4-3-13)7-15-9/h1-2,6-7H,3-5,13H2,(H,14,17). The van der Waals surface area contributed by atoms with E-state index < -0.39 is 0 Å². The number of imidazole rings is 1. The van der Waals surface area contributed by atoms with Gasteiger partial charge in [-0.2, -0.15) is 0 Å². The maximum atomic E-state index is 11.8. The largest absolute Gasteiger partial charge is 0.346 e. The number of hydrogen-bond acceptors (Lipinski definition) is 4. The predicted octanol–water partition coefficient (Wildman–Crippen LogP) is 1.60. The minimum Gasteiger partial charge on any atom is -0.346 e. The number of halogens is 1. The summed E-state index contributed by atoms with van der Waals surface area (Å²) in [6, 6.07) is 3.93. The van der Waals surface area contributed by atoms with E-state index in [9.17, 15) is 4.79 Å². The van der Waals surface area contributed by atoms with Crippen LogP contribution in [0, 0.1) is 0 Å². The van der Waals surface area contributed by atoms with E-state index in [0.717, 1.165) is 8.66 Å². The Morgan fingerprint density at radius 3 is 3.06 bits per heavy atom. The number of hydrogen-bond donors (Lipinski definition) is 2. The summed E-state index contributed by atoms with van der Waals surface area (Å²) in [7, 11) is 0. The average Bonchev–Trinajstić information content (AvgIpc) is 2.96. The van der Waals surface area contributed by atoms with Gasteiger partial charge in [0.05, 0.1) is 16.7 Å². The number of carbonyl (C=O) groups excluding carboxylic acids is 1. The van der Waals surface area contributed by atoms with Crippen molar-refractivity contribution in [3.05, 3.63) is 39.0 Å². The third kappa shape index (κ3) is 3.41. The SMILES string of the molecule is NCCn1cnc(C(=O)NCc2ccc(Br)s2)c1. The maximum absolute atomic E-state index is 11.8. The molecule has 0 unspecified atom stereocenters. The van der Waals surface area contributed by atoms with Gasteiger partial charge < -0.3 is 15.6 Å². The molecule has 2 heterocycles. The fourth-order valence-corrected chi connectivity index (χ4v) is 2.88. The lowest BCUT2D eigenvalue weighted by Crippen LogP contribution is -2.22. The molecule has 0 radical (unpaired) electrons. The molecule has 7 heteroatoms. The molecular weight excluding hydrogens is 316 g/mol. The molecule has 0 aliphatic heterocycles. The van der Waals surface area contributed by atoms with Gasteiger partial charge in [0.2, 0.25) is 0 Å². The van der Waals surface area contributed by atoms with Crippen molar-refractivity contribution < 1.29 is 4.79 Å². The molecule has 0 aromatic carbocycles. The van der Waals surface area contributed by atoms with Gasteiger partial charge in [0.25, 0.3) is 5.91 Å². The fourth-order valence-electron chi connectivity index (χ4n) is 1.45. The molecule has 18 heavy (non-hydrogen) atoms. The topological polar surface area (TPSA) is 72.9 Å². The van der Waals surface area contributed by atoms with E-state index >= 15 is 0 Å². The van der Waals surface area contributed by atoms with Crippen LogP contribution in [0.5, 0.6) is 0 Å². The average molecular weight is 329 g/mol. The maximum Gasteiger partial charge on any atom is 0.271 e. The van der Waals surface area contributed by atoms with Gasteiger partial charge in [-0.05, 0) is 28.1 Å². The van der Waals surface area contributed by atoms with Crippen LogP contribution in [0.2, 0.25) is 0 Å². The van der Waals surface area contributed by atoms with Crippen LogP contribution in [0.1, 0.15) is 15.4 Å². The zero-order valence-corrected chi connectivity index (χ0v) is 12.0. The molecule has 2 rings (SSSR count). The highest BCUT2D eigenvalue weighted by Crippen LogP contribution is 2.21. The third-order valence-corrected chi connectivity index (χ3v) is 3.93. The molecule has 0 atom stereocenters. The lowest BCUT2D eigenvalue weighted by Gasteiger charge is -2.00. The van der Waals surface area contributed by atoms with E-state index in [0.29, 0.717) is 25.3 Å². The lowest BCUT2D eigenvalue weighted by atomic mass is 10.4. The van der Waals surface area contributed by atoms with Crippen molar-refractivity contribution in [1.82, 2.24) is 14.9 Å². The fraction of sp³-hybridized carbons (Fsp3) is 0.273. The first kappa shape index (κ1) is 13.3. The van der Waals surface area contributed by atoms with E-state index in [1.807, 2.05) is 12.1 Å². The first-order chi connectivity index (χ1) is 8.69. The number of nitrogens with zero attached hydrogens (tertiary/aromatic N) is 2. The predicted molar refractivity (Wildman–Crippen MR) is 74.5 cm³/mol. The van der Waals surface area contributed by atoms with E-state index in [4.69, 9.17) is 5.73 Å². The Kier molecular flexibility index (Phi) is 4.51. The zero-order chi connectivity index (χ0) is 13.0. The Morgan fingerprint density at radius 2 is 2.39 bits per heavy atom. The second-order valence-corrected chi connectivity index (χ2v) is 6.22. The molecule has 0 aliphatic rings. The van der Waals surface area contributed by atoms with Gasteiger partial charge in [-0.25, -0.2) is 4.98 Å². The summed E-state index contributed by atoms with van der Waals surface area (Å²) in [6.45, 7) is 1.71. The van der Waals surface area contributed by atoms with Crippen LogP contribution in [-0.4, -0.2) is 22.0 Å². The van der Waals surface area contributed by atoms with Crippen molar-refractivity contribution >= 4 is 33.2 Å². The third-order valence-electron chi connectivity index (χ3n) is 2.31. The van der Waals surface area contributed by atoms with Gasteiger partial charge in [0, 0.05) is 24.2 Å². The molecular formula is C11H13BrN4OS. The first-order valence-electron chi connectivity index (χ1n) is 5.43. The summed E-state index contributed by atoms with van der Waals surface area (Å²) in [5.74, 6) is -0.171. The minimum atomic E-state index is -0.171. The van der Waals surface area contributed by atoms with Crippen LogP contribution in [0.4, 0.5) is 0 Å². The van der Waals surface area contributed by atoms with Crippen molar-refractivity contribution in [3.8, 4) is 0 Å². The monoisotopic (exact) mass is 328 g/mol. The number of nitrogens with one attached hydrogen (secondary N) is 1. The summed E-state index contributed by atoms with van der Waals surface area (Å²) >= 11 is 4.98. The Morgan fingerprint density at radius 1 is 1.56 bits per heavy atom. The second kappa shape index (κ2) is 6.12. The molecule has 1 amide bonds. The number of carbonyl (C=O) groups is 1.